The summed E-state index contributed by atoms with van der Waals surface area (Å²) in [6.45, 7) is 0. The van der Waals surface area contributed by atoms with E-state index in [1.165, 1.54) is 12.8 Å². The van der Waals surface area contributed by atoms with E-state index < -0.39 is 17.8 Å². The third kappa shape index (κ3) is 2.48. The van der Waals surface area contributed by atoms with E-state index in [1.807, 2.05) is 12.2 Å². The van der Waals surface area contributed by atoms with Crippen LogP contribution in [0.25, 0.3) is 0 Å². The summed E-state index contributed by atoms with van der Waals surface area (Å²) in [5, 5.41) is 14.4. The molecule has 0 radical (unpaired) electrons. The molecule has 2 saturated carbocycles. The molecule has 4 unspecified atom stereocenters. The van der Waals surface area contributed by atoms with Gasteiger partial charge in [-0.1, -0.05) is 37.8 Å². The Labute approximate surface area is 119 Å². The van der Waals surface area contributed by atoms with Crippen molar-refractivity contribution in [3.05, 3.63) is 12.2 Å². The van der Waals surface area contributed by atoms with Crippen molar-refractivity contribution in [2.75, 3.05) is 0 Å². The van der Waals surface area contributed by atoms with Crippen LogP contribution in [0.1, 0.15) is 44.9 Å². The van der Waals surface area contributed by atoms with Crippen LogP contribution in [0.2, 0.25) is 0 Å². The maximum atomic E-state index is 12.5. The average molecular weight is 276 g/mol. The van der Waals surface area contributed by atoms with E-state index >= 15 is 0 Å². The van der Waals surface area contributed by atoms with Crippen molar-refractivity contribution < 1.29 is 14.7 Å². The SMILES string of the molecule is O=C([O-])C1C2C=CC(C2)C1C(=O)NC1CCCCCC1. The Balaban J connectivity index is 1.66. The van der Waals surface area contributed by atoms with Gasteiger partial charge in [0, 0.05) is 17.9 Å². The lowest BCUT2D eigenvalue weighted by atomic mass is 9.82. The number of aliphatic carboxylic acids is 1. The summed E-state index contributed by atoms with van der Waals surface area (Å²) in [6.07, 6.45) is 11.6. The minimum Gasteiger partial charge on any atom is -0.550 e. The largest absolute Gasteiger partial charge is 0.550 e. The molecule has 0 aromatic rings. The topological polar surface area (TPSA) is 69.2 Å². The lowest BCUT2D eigenvalue weighted by Crippen LogP contribution is -2.47. The van der Waals surface area contributed by atoms with Crippen LogP contribution in [0.15, 0.2) is 12.2 Å². The van der Waals surface area contributed by atoms with Gasteiger partial charge in [0.15, 0.2) is 0 Å². The van der Waals surface area contributed by atoms with Crippen molar-refractivity contribution in [2.24, 2.45) is 23.7 Å². The van der Waals surface area contributed by atoms with Crippen LogP contribution in [0.5, 0.6) is 0 Å². The first-order valence-corrected chi connectivity index (χ1v) is 7.86. The van der Waals surface area contributed by atoms with E-state index in [2.05, 4.69) is 5.32 Å². The Kier molecular flexibility index (Phi) is 3.81. The van der Waals surface area contributed by atoms with Crippen molar-refractivity contribution in [3.8, 4) is 0 Å². The van der Waals surface area contributed by atoms with E-state index in [9.17, 15) is 14.7 Å². The van der Waals surface area contributed by atoms with E-state index in [0.717, 1.165) is 32.1 Å². The lowest BCUT2D eigenvalue weighted by molar-refractivity contribution is -0.313. The molecule has 0 aromatic heterocycles. The van der Waals surface area contributed by atoms with Crippen LogP contribution in [0, 0.1) is 23.7 Å². The third-order valence-corrected chi connectivity index (χ3v) is 5.24. The molecule has 1 N–H and O–H groups in total. The summed E-state index contributed by atoms with van der Waals surface area (Å²) in [5.74, 6) is -2.09. The Morgan fingerprint density at radius 3 is 2.15 bits per heavy atom. The Bertz CT molecular complexity index is 423. The van der Waals surface area contributed by atoms with Crippen molar-refractivity contribution >= 4 is 11.9 Å². The minimum absolute atomic E-state index is 0.00474. The highest BCUT2D eigenvalue weighted by Gasteiger charge is 2.48. The Morgan fingerprint density at radius 2 is 1.55 bits per heavy atom. The van der Waals surface area contributed by atoms with Gasteiger partial charge in [0.05, 0.1) is 5.92 Å². The van der Waals surface area contributed by atoms with Gasteiger partial charge < -0.3 is 15.2 Å². The summed E-state index contributed by atoms with van der Waals surface area (Å²) in [5.41, 5.74) is 0. The summed E-state index contributed by atoms with van der Waals surface area (Å²) >= 11 is 0. The minimum atomic E-state index is -1.07. The Hall–Kier alpha value is -1.32. The van der Waals surface area contributed by atoms with E-state index in [4.69, 9.17) is 0 Å². The number of carboxylic acid groups (broad SMARTS) is 1. The average Bonchev–Trinajstić information content (AvgIpc) is 2.93. The Morgan fingerprint density at radius 1 is 0.950 bits per heavy atom. The highest BCUT2D eigenvalue weighted by Crippen LogP contribution is 2.47. The molecule has 3 aliphatic rings. The molecule has 0 aromatic carbocycles. The number of carboxylic acids is 1. The monoisotopic (exact) mass is 276 g/mol. The summed E-state index contributed by atoms with van der Waals surface area (Å²) < 4.78 is 0. The van der Waals surface area contributed by atoms with E-state index in [1.54, 1.807) is 0 Å². The van der Waals surface area contributed by atoms with Gasteiger partial charge in [0.2, 0.25) is 5.91 Å². The number of carbonyl (C=O) groups excluding carboxylic acids is 2. The summed E-state index contributed by atoms with van der Waals surface area (Å²) in [4.78, 5) is 23.8. The standard InChI is InChI=1S/C16H23NO3/c18-15(17-12-5-3-1-2-4-6-12)13-10-7-8-11(9-10)14(13)16(19)20/h7-8,10-14H,1-6,9H2,(H,17,18)(H,19,20)/p-1. The van der Waals surface area contributed by atoms with Gasteiger partial charge >= 0.3 is 0 Å². The van der Waals surface area contributed by atoms with Gasteiger partial charge in [0.1, 0.15) is 0 Å². The number of fused-ring (bicyclic) bond motifs is 2. The molecule has 0 heterocycles. The van der Waals surface area contributed by atoms with Crippen LogP contribution in [0.4, 0.5) is 0 Å². The smallest absolute Gasteiger partial charge is 0.224 e. The highest BCUT2D eigenvalue weighted by molar-refractivity contribution is 5.86. The van der Waals surface area contributed by atoms with Crippen molar-refractivity contribution in [3.63, 3.8) is 0 Å². The second kappa shape index (κ2) is 5.58. The quantitative estimate of drug-likeness (QED) is 0.618. The zero-order chi connectivity index (χ0) is 14.1. The van der Waals surface area contributed by atoms with Crippen molar-refractivity contribution in [1.29, 1.82) is 0 Å². The second-order valence-electron chi connectivity index (χ2n) is 6.52. The van der Waals surface area contributed by atoms with Crippen LogP contribution in [-0.2, 0) is 9.59 Å². The molecule has 0 spiro atoms. The van der Waals surface area contributed by atoms with E-state index in [-0.39, 0.29) is 23.8 Å². The van der Waals surface area contributed by atoms with Gasteiger partial charge in [-0.2, -0.15) is 0 Å². The highest BCUT2D eigenvalue weighted by atomic mass is 16.4. The molecule has 1 amide bonds. The molecule has 3 aliphatic carbocycles. The zero-order valence-electron chi connectivity index (χ0n) is 11.7. The normalized spacial score (nSPS) is 36.8. The lowest BCUT2D eigenvalue weighted by Gasteiger charge is -2.29. The number of allylic oxidation sites excluding steroid dienone is 2. The van der Waals surface area contributed by atoms with Crippen LogP contribution >= 0.6 is 0 Å². The maximum absolute atomic E-state index is 12.5. The van der Waals surface area contributed by atoms with E-state index in [0.29, 0.717) is 0 Å². The van der Waals surface area contributed by atoms with Gasteiger partial charge in [-0.25, -0.2) is 0 Å². The molecule has 3 rings (SSSR count). The molecular weight excluding hydrogens is 254 g/mol. The number of hydrogen-bond donors (Lipinski definition) is 1. The number of hydrogen-bond acceptors (Lipinski definition) is 3. The fourth-order valence-electron chi connectivity index (χ4n) is 4.22. The molecule has 0 aliphatic heterocycles. The predicted molar refractivity (Wildman–Crippen MR) is 72.4 cm³/mol. The first kappa shape index (κ1) is 13.7. The van der Waals surface area contributed by atoms with Gasteiger partial charge in [-0.15, -0.1) is 0 Å². The number of amides is 1. The summed E-state index contributed by atoms with van der Waals surface area (Å²) in [7, 11) is 0. The van der Waals surface area contributed by atoms with Gasteiger partial charge in [0.25, 0.3) is 0 Å². The fraction of sp³-hybridized carbons (Fsp3) is 0.750. The molecule has 2 fully saturated rings. The second-order valence-corrected chi connectivity index (χ2v) is 6.52. The maximum Gasteiger partial charge on any atom is 0.224 e. The molecule has 20 heavy (non-hydrogen) atoms. The first-order valence-electron chi connectivity index (χ1n) is 7.86. The molecule has 2 bridgehead atoms. The number of nitrogens with one attached hydrogen (secondary N) is 1. The van der Waals surface area contributed by atoms with Crippen molar-refractivity contribution in [1.82, 2.24) is 5.32 Å². The fourth-order valence-corrected chi connectivity index (χ4v) is 4.22. The molecule has 4 nitrogen and oxygen atoms in total. The number of carbonyl (C=O) groups is 2. The van der Waals surface area contributed by atoms with Crippen LogP contribution in [-0.4, -0.2) is 17.9 Å². The molecule has 4 atom stereocenters. The van der Waals surface area contributed by atoms with Gasteiger partial charge in [-0.3, -0.25) is 4.79 Å². The third-order valence-electron chi connectivity index (χ3n) is 5.24. The van der Waals surface area contributed by atoms with Gasteiger partial charge in [-0.05, 0) is 31.1 Å². The van der Waals surface area contributed by atoms with Crippen molar-refractivity contribution in [2.45, 2.75) is 51.0 Å². The first-order chi connectivity index (χ1) is 9.66. The predicted octanol–water partition coefficient (Wildman–Crippen LogP) is 1.01. The molecular formula is C16H22NO3-. The molecule has 110 valence electrons. The van der Waals surface area contributed by atoms with Crippen LogP contribution < -0.4 is 10.4 Å². The molecule has 0 saturated heterocycles. The molecule has 4 heteroatoms. The zero-order valence-corrected chi connectivity index (χ0v) is 11.7. The van der Waals surface area contributed by atoms with Crippen LogP contribution in [0.3, 0.4) is 0 Å². The number of rotatable bonds is 3. The summed E-state index contributed by atoms with van der Waals surface area (Å²) in [6, 6.07) is 0.232.